The zero-order valence-electron chi connectivity index (χ0n) is 10.9. The molecule has 0 aliphatic carbocycles. The number of rotatable bonds is 10. The maximum absolute atomic E-state index is 3.96. The van der Waals surface area contributed by atoms with Crippen LogP contribution in [-0.4, -0.2) is 29.3 Å². The number of hydrogen-bond donors (Lipinski definition) is 2. The summed E-state index contributed by atoms with van der Waals surface area (Å²) in [6.45, 7) is 6.59. The number of anilines is 1. The van der Waals surface area contributed by atoms with Crippen LogP contribution in [0.4, 0.5) is 5.13 Å². The largest absolute Gasteiger partial charge is 0.360 e. The Morgan fingerprint density at radius 1 is 1.29 bits per heavy atom. The molecule has 0 fully saturated rings. The van der Waals surface area contributed by atoms with Crippen molar-refractivity contribution in [2.75, 3.05) is 18.4 Å². The van der Waals surface area contributed by atoms with Crippen LogP contribution in [0.15, 0.2) is 5.51 Å². The SMILES string of the molecule is CCCCCNC(CC)CCNc1nncs1. The van der Waals surface area contributed by atoms with Crippen LogP contribution in [0.5, 0.6) is 0 Å². The van der Waals surface area contributed by atoms with E-state index in [-0.39, 0.29) is 0 Å². The highest BCUT2D eigenvalue weighted by Gasteiger charge is 2.05. The minimum Gasteiger partial charge on any atom is -0.360 e. The van der Waals surface area contributed by atoms with E-state index in [9.17, 15) is 0 Å². The van der Waals surface area contributed by atoms with Crippen LogP contribution in [0.3, 0.4) is 0 Å². The lowest BCUT2D eigenvalue weighted by atomic mass is 10.1. The predicted molar refractivity (Wildman–Crippen MR) is 74.6 cm³/mol. The minimum atomic E-state index is 0.618. The van der Waals surface area contributed by atoms with Gasteiger partial charge in [-0.1, -0.05) is 38.0 Å². The number of unbranched alkanes of at least 4 members (excludes halogenated alkanes) is 2. The average Bonchev–Trinajstić information content (AvgIpc) is 2.85. The molecule has 1 unspecified atom stereocenters. The van der Waals surface area contributed by atoms with Crippen LogP contribution in [0.25, 0.3) is 0 Å². The fraction of sp³-hybridized carbons (Fsp3) is 0.833. The van der Waals surface area contributed by atoms with Crippen LogP contribution in [0.1, 0.15) is 46.0 Å². The van der Waals surface area contributed by atoms with Crippen molar-refractivity contribution in [2.45, 2.75) is 52.0 Å². The molecule has 98 valence electrons. The van der Waals surface area contributed by atoms with Crippen molar-refractivity contribution in [3.63, 3.8) is 0 Å². The van der Waals surface area contributed by atoms with E-state index < -0.39 is 0 Å². The van der Waals surface area contributed by atoms with E-state index >= 15 is 0 Å². The van der Waals surface area contributed by atoms with Gasteiger partial charge in [-0.05, 0) is 25.8 Å². The van der Waals surface area contributed by atoms with E-state index in [0.717, 1.165) is 24.6 Å². The highest BCUT2D eigenvalue weighted by molar-refractivity contribution is 7.13. The Balaban J connectivity index is 2.05. The lowest BCUT2D eigenvalue weighted by molar-refractivity contribution is 0.466. The molecular weight excluding hydrogens is 232 g/mol. The molecule has 0 spiro atoms. The van der Waals surface area contributed by atoms with Gasteiger partial charge in [0.1, 0.15) is 5.51 Å². The van der Waals surface area contributed by atoms with E-state index in [2.05, 4.69) is 34.7 Å². The van der Waals surface area contributed by atoms with E-state index in [0.29, 0.717) is 6.04 Å². The Kier molecular flexibility index (Phi) is 7.92. The molecule has 5 heteroatoms. The minimum absolute atomic E-state index is 0.618. The molecule has 0 aromatic carbocycles. The Bertz CT molecular complexity index is 263. The van der Waals surface area contributed by atoms with Crippen molar-refractivity contribution in [3.05, 3.63) is 5.51 Å². The van der Waals surface area contributed by atoms with E-state index in [4.69, 9.17) is 0 Å². The summed E-state index contributed by atoms with van der Waals surface area (Å²) in [7, 11) is 0. The van der Waals surface area contributed by atoms with Crippen molar-refractivity contribution in [1.82, 2.24) is 15.5 Å². The summed E-state index contributed by atoms with van der Waals surface area (Å²) in [5, 5.41) is 15.6. The van der Waals surface area contributed by atoms with Crippen molar-refractivity contribution < 1.29 is 0 Å². The van der Waals surface area contributed by atoms with Crippen LogP contribution in [0.2, 0.25) is 0 Å². The maximum atomic E-state index is 3.96. The van der Waals surface area contributed by atoms with Gasteiger partial charge in [-0.2, -0.15) is 0 Å². The Morgan fingerprint density at radius 3 is 2.82 bits per heavy atom. The fourth-order valence-electron chi connectivity index (χ4n) is 1.74. The second kappa shape index (κ2) is 9.36. The van der Waals surface area contributed by atoms with Gasteiger partial charge in [0.15, 0.2) is 0 Å². The molecule has 0 radical (unpaired) electrons. The van der Waals surface area contributed by atoms with Crippen molar-refractivity contribution in [3.8, 4) is 0 Å². The summed E-state index contributed by atoms with van der Waals surface area (Å²) in [6.07, 6.45) is 6.23. The molecule has 4 nitrogen and oxygen atoms in total. The van der Waals surface area contributed by atoms with Crippen LogP contribution in [-0.2, 0) is 0 Å². The zero-order chi connectivity index (χ0) is 12.3. The first-order valence-electron chi connectivity index (χ1n) is 6.60. The van der Waals surface area contributed by atoms with Gasteiger partial charge in [-0.3, -0.25) is 0 Å². The number of nitrogens with one attached hydrogen (secondary N) is 2. The molecule has 17 heavy (non-hydrogen) atoms. The molecule has 1 aromatic heterocycles. The third kappa shape index (κ3) is 6.58. The van der Waals surface area contributed by atoms with Crippen molar-refractivity contribution in [1.29, 1.82) is 0 Å². The fourth-order valence-corrected chi connectivity index (χ4v) is 2.21. The van der Waals surface area contributed by atoms with Gasteiger partial charge in [0.05, 0.1) is 0 Å². The summed E-state index contributed by atoms with van der Waals surface area (Å²) >= 11 is 1.55. The van der Waals surface area contributed by atoms with Gasteiger partial charge >= 0.3 is 0 Å². The van der Waals surface area contributed by atoms with Crippen LogP contribution in [0, 0.1) is 0 Å². The summed E-state index contributed by atoms with van der Waals surface area (Å²) in [5.41, 5.74) is 1.75. The standard InChI is InChI=1S/C12H24N4S/c1-3-5-6-8-13-11(4-2)7-9-14-12-16-15-10-17-12/h10-11,13H,3-9H2,1-2H3,(H,14,16). The van der Waals surface area contributed by atoms with E-state index in [1.165, 1.54) is 25.7 Å². The molecule has 1 atom stereocenters. The number of nitrogens with zero attached hydrogens (tertiary/aromatic N) is 2. The second-order valence-electron chi connectivity index (χ2n) is 4.23. The molecule has 0 saturated carbocycles. The molecule has 1 aromatic rings. The molecule has 0 bridgehead atoms. The van der Waals surface area contributed by atoms with Crippen LogP contribution >= 0.6 is 11.3 Å². The highest BCUT2D eigenvalue weighted by Crippen LogP contribution is 2.08. The van der Waals surface area contributed by atoms with Crippen LogP contribution < -0.4 is 10.6 Å². The smallest absolute Gasteiger partial charge is 0.205 e. The first-order chi connectivity index (χ1) is 8.36. The first-order valence-corrected chi connectivity index (χ1v) is 7.48. The lowest BCUT2D eigenvalue weighted by Crippen LogP contribution is -2.31. The Morgan fingerprint density at radius 2 is 2.18 bits per heavy atom. The highest BCUT2D eigenvalue weighted by atomic mass is 32.1. The second-order valence-corrected chi connectivity index (χ2v) is 5.06. The van der Waals surface area contributed by atoms with Crippen molar-refractivity contribution >= 4 is 16.5 Å². The van der Waals surface area contributed by atoms with Crippen molar-refractivity contribution in [2.24, 2.45) is 0 Å². The molecule has 0 aliphatic heterocycles. The Hall–Kier alpha value is -0.680. The molecule has 0 aliphatic rings. The summed E-state index contributed by atoms with van der Waals surface area (Å²) in [4.78, 5) is 0. The van der Waals surface area contributed by atoms with Gasteiger partial charge in [0.25, 0.3) is 0 Å². The maximum Gasteiger partial charge on any atom is 0.205 e. The average molecular weight is 256 g/mol. The van der Waals surface area contributed by atoms with Gasteiger partial charge in [0, 0.05) is 12.6 Å². The quantitative estimate of drug-likeness (QED) is 0.632. The molecule has 1 rings (SSSR count). The summed E-state index contributed by atoms with van der Waals surface area (Å²) < 4.78 is 0. The molecule has 0 amide bonds. The molecule has 0 saturated heterocycles. The van der Waals surface area contributed by atoms with Gasteiger partial charge in [-0.25, -0.2) is 0 Å². The topological polar surface area (TPSA) is 49.8 Å². The summed E-state index contributed by atoms with van der Waals surface area (Å²) in [6, 6.07) is 0.618. The third-order valence-electron chi connectivity index (χ3n) is 2.84. The van der Waals surface area contributed by atoms with Gasteiger partial charge < -0.3 is 10.6 Å². The number of hydrogen-bond acceptors (Lipinski definition) is 5. The predicted octanol–water partition coefficient (Wildman–Crippen LogP) is 2.90. The number of aromatic nitrogens is 2. The van der Waals surface area contributed by atoms with Gasteiger partial charge in [0.2, 0.25) is 5.13 Å². The monoisotopic (exact) mass is 256 g/mol. The molecule has 2 N–H and O–H groups in total. The normalized spacial score (nSPS) is 12.6. The van der Waals surface area contributed by atoms with E-state index in [1.807, 2.05) is 0 Å². The third-order valence-corrected chi connectivity index (χ3v) is 3.48. The lowest BCUT2D eigenvalue weighted by Gasteiger charge is -2.16. The Labute approximate surface area is 108 Å². The molecular formula is C12H24N4S. The zero-order valence-corrected chi connectivity index (χ0v) is 11.7. The van der Waals surface area contributed by atoms with Gasteiger partial charge in [-0.15, -0.1) is 10.2 Å². The van der Waals surface area contributed by atoms with E-state index in [1.54, 1.807) is 16.8 Å². The first kappa shape index (κ1) is 14.4. The molecule has 1 heterocycles. The summed E-state index contributed by atoms with van der Waals surface area (Å²) in [5.74, 6) is 0.